The van der Waals surface area contributed by atoms with Crippen LogP contribution in [0, 0.1) is 0 Å². The van der Waals surface area contributed by atoms with E-state index in [1.54, 1.807) is 6.92 Å². The van der Waals surface area contributed by atoms with Gasteiger partial charge >= 0.3 is 5.97 Å². The number of carbonyl (C=O) groups is 3. The highest BCUT2D eigenvalue weighted by molar-refractivity contribution is 8.00. The van der Waals surface area contributed by atoms with E-state index in [4.69, 9.17) is 16.3 Å². The van der Waals surface area contributed by atoms with E-state index >= 15 is 0 Å². The second-order valence-corrected chi connectivity index (χ2v) is 9.40. The van der Waals surface area contributed by atoms with E-state index in [1.807, 2.05) is 29.1 Å². The maximum Gasteiger partial charge on any atom is 0.352 e. The number of carboxylic acid groups (broad SMARTS) is 1. The van der Waals surface area contributed by atoms with E-state index in [1.165, 1.54) is 16.7 Å². The molecule has 2 atom stereocenters. The van der Waals surface area contributed by atoms with Crippen LogP contribution in [0.5, 0.6) is 0 Å². The molecule has 184 valence electrons. The van der Waals surface area contributed by atoms with Crippen LogP contribution in [0.3, 0.4) is 0 Å². The minimum absolute atomic E-state index is 0.0236. The summed E-state index contributed by atoms with van der Waals surface area (Å²) >= 11 is 2.26. The topological polar surface area (TPSA) is 190 Å². The number of fused-ring (bicyclic) bond motifs is 1. The third-order valence-electron chi connectivity index (χ3n) is 5.26. The molecular formula is C20H23N8O5S2+. The zero-order valence-corrected chi connectivity index (χ0v) is 20.2. The molecule has 2 amide bonds. The second-order valence-electron chi connectivity index (χ2n) is 7.51. The predicted molar refractivity (Wildman–Crippen MR) is 127 cm³/mol. The minimum atomic E-state index is -1.21. The van der Waals surface area contributed by atoms with Crippen LogP contribution >= 0.6 is 23.3 Å². The molecule has 2 aliphatic heterocycles. The Morgan fingerprint density at radius 2 is 2.14 bits per heavy atom. The van der Waals surface area contributed by atoms with E-state index in [-0.39, 0.29) is 29.0 Å². The number of pyridine rings is 1. The van der Waals surface area contributed by atoms with Crippen LogP contribution in [0.4, 0.5) is 5.13 Å². The summed E-state index contributed by atoms with van der Waals surface area (Å²) in [4.78, 5) is 48.1. The fourth-order valence-electron chi connectivity index (χ4n) is 3.61. The first-order valence-electron chi connectivity index (χ1n) is 10.5. The number of thioether (sulfide) groups is 1. The molecule has 0 spiro atoms. The molecule has 0 radical (unpaired) electrons. The molecule has 0 bridgehead atoms. The van der Waals surface area contributed by atoms with Gasteiger partial charge in [-0.05, 0) is 12.5 Å². The van der Waals surface area contributed by atoms with Crippen molar-refractivity contribution in [3.05, 3.63) is 47.2 Å². The van der Waals surface area contributed by atoms with E-state index in [9.17, 15) is 19.5 Å². The molecular weight excluding hydrogens is 496 g/mol. The fraction of sp³-hybridized carbons (Fsp3) is 0.350. The molecule has 1 fully saturated rings. The molecule has 0 saturated carbocycles. The molecule has 15 heteroatoms. The van der Waals surface area contributed by atoms with Crippen LogP contribution in [0.1, 0.15) is 18.3 Å². The van der Waals surface area contributed by atoms with Gasteiger partial charge < -0.3 is 26.7 Å². The number of nitrogens with two attached hydrogens (primary N) is 2. The number of hydrogen-bond acceptors (Lipinski definition) is 11. The van der Waals surface area contributed by atoms with Gasteiger partial charge in [0.25, 0.3) is 11.8 Å². The highest BCUT2D eigenvalue weighted by Gasteiger charge is 2.54. The van der Waals surface area contributed by atoms with Crippen LogP contribution in [0.15, 0.2) is 41.0 Å². The Kier molecular flexibility index (Phi) is 7.28. The number of amides is 2. The van der Waals surface area contributed by atoms with Crippen molar-refractivity contribution in [3.8, 4) is 0 Å². The standard InChI is InChI=1S/C20H22N8O5S2/c1-2-33-25-12(15-24-20(22)35-26-15)16(29)23-13-17(30)28-14(19(31)32)11(9-34-18(13)28)8-27-5-3-10(7-21)4-6-27/h3-6,13,18H,2,7-9,21H2,1H3,(H3-,22,23,24,26,29,31,32)/p+1/b25-12-/t13?,18-/m1/s1. The summed E-state index contributed by atoms with van der Waals surface area (Å²) in [6, 6.07) is 2.77. The van der Waals surface area contributed by atoms with Crippen molar-refractivity contribution in [1.82, 2.24) is 19.6 Å². The lowest BCUT2D eigenvalue weighted by Crippen LogP contribution is -2.71. The number of carboxylic acids is 1. The minimum Gasteiger partial charge on any atom is -0.477 e. The Hall–Kier alpha value is -3.56. The van der Waals surface area contributed by atoms with Crippen molar-refractivity contribution in [1.29, 1.82) is 0 Å². The van der Waals surface area contributed by atoms with Gasteiger partial charge in [0.15, 0.2) is 24.1 Å². The maximum atomic E-state index is 13.0. The number of nitrogens with one attached hydrogen (secondary N) is 1. The third kappa shape index (κ3) is 4.96. The molecule has 2 aromatic heterocycles. The van der Waals surface area contributed by atoms with E-state index in [0.29, 0.717) is 24.4 Å². The largest absolute Gasteiger partial charge is 0.477 e. The van der Waals surface area contributed by atoms with Gasteiger partial charge in [-0.15, -0.1) is 11.8 Å². The number of aromatic nitrogens is 3. The van der Waals surface area contributed by atoms with Gasteiger partial charge in [0.05, 0.1) is 0 Å². The number of carbonyl (C=O) groups excluding carboxylic acids is 2. The van der Waals surface area contributed by atoms with Crippen molar-refractivity contribution in [3.63, 3.8) is 0 Å². The SMILES string of the molecule is CCO/N=C(\C(=O)NC1C(=O)N2C(C(=O)O)=C(C[n+]3ccc(CN)cc3)CS[C@H]12)c1nsc(N)n1. The average molecular weight is 520 g/mol. The molecule has 2 aromatic rings. The maximum absolute atomic E-state index is 13.0. The number of nitrogen functional groups attached to an aromatic ring is 1. The molecule has 1 saturated heterocycles. The summed E-state index contributed by atoms with van der Waals surface area (Å²) in [6.07, 6.45) is 3.62. The number of rotatable bonds is 9. The molecule has 35 heavy (non-hydrogen) atoms. The molecule has 0 aromatic carbocycles. The number of anilines is 1. The zero-order valence-electron chi connectivity index (χ0n) is 18.6. The van der Waals surface area contributed by atoms with E-state index in [2.05, 4.69) is 19.8 Å². The van der Waals surface area contributed by atoms with Gasteiger partial charge in [0, 0.05) is 41.5 Å². The van der Waals surface area contributed by atoms with Crippen LogP contribution in [0.2, 0.25) is 0 Å². The van der Waals surface area contributed by atoms with Crippen molar-refractivity contribution in [2.24, 2.45) is 10.9 Å². The monoisotopic (exact) mass is 519 g/mol. The van der Waals surface area contributed by atoms with Crippen LogP contribution in [-0.4, -0.2) is 66.6 Å². The third-order valence-corrected chi connectivity index (χ3v) is 7.14. The van der Waals surface area contributed by atoms with Crippen LogP contribution in [-0.2, 0) is 32.3 Å². The highest BCUT2D eigenvalue weighted by Crippen LogP contribution is 2.40. The number of nitrogens with zero attached hydrogens (tertiary/aromatic N) is 5. The summed E-state index contributed by atoms with van der Waals surface area (Å²) in [5.41, 5.74) is 12.5. The normalized spacial score (nSPS) is 19.8. The lowest BCUT2D eigenvalue weighted by Gasteiger charge is -2.49. The molecule has 1 unspecified atom stereocenters. The molecule has 13 nitrogen and oxygen atoms in total. The lowest BCUT2D eigenvalue weighted by molar-refractivity contribution is -0.689. The molecule has 4 heterocycles. The summed E-state index contributed by atoms with van der Waals surface area (Å²) in [6.45, 7) is 2.60. The summed E-state index contributed by atoms with van der Waals surface area (Å²) in [7, 11) is 0. The van der Waals surface area contributed by atoms with Crippen LogP contribution < -0.4 is 21.4 Å². The van der Waals surface area contributed by atoms with Gasteiger partial charge in [0.1, 0.15) is 23.7 Å². The van der Waals surface area contributed by atoms with Gasteiger partial charge in [0.2, 0.25) is 11.5 Å². The van der Waals surface area contributed by atoms with Crippen molar-refractivity contribution in [2.45, 2.75) is 31.4 Å². The smallest absolute Gasteiger partial charge is 0.352 e. The van der Waals surface area contributed by atoms with Gasteiger partial charge in [-0.3, -0.25) is 14.5 Å². The van der Waals surface area contributed by atoms with E-state index in [0.717, 1.165) is 17.1 Å². The second kappa shape index (κ2) is 10.4. The Morgan fingerprint density at radius 1 is 1.40 bits per heavy atom. The lowest BCUT2D eigenvalue weighted by atomic mass is 10.0. The first kappa shape index (κ1) is 24.6. The fourth-order valence-corrected chi connectivity index (χ4v) is 5.38. The van der Waals surface area contributed by atoms with Gasteiger partial charge in [-0.1, -0.05) is 5.16 Å². The van der Waals surface area contributed by atoms with E-state index < -0.39 is 29.2 Å². The Morgan fingerprint density at radius 3 is 2.74 bits per heavy atom. The quantitative estimate of drug-likeness (QED) is 0.139. The summed E-state index contributed by atoms with van der Waals surface area (Å²) in [5, 5.41) is 15.8. The number of oxime groups is 1. The number of aliphatic carboxylic acids is 1. The first-order valence-corrected chi connectivity index (χ1v) is 12.3. The van der Waals surface area contributed by atoms with Crippen molar-refractivity contribution in [2.75, 3.05) is 18.1 Å². The number of hydrogen-bond donors (Lipinski definition) is 4. The molecule has 4 rings (SSSR count). The molecule has 6 N–H and O–H groups in total. The number of β-lactam (4-membered cyclic amide) rings is 1. The van der Waals surface area contributed by atoms with Gasteiger partial charge in [-0.2, -0.15) is 9.36 Å². The predicted octanol–water partition coefficient (Wildman–Crippen LogP) is -0.954. The Labute approximate surface area is 208 Å². The molecule has 0 aliphatic carbocycles. The Balaban J connectivity index is 1.52. The first-order chi connectivity index (χ1) is 16.8. The molecule has 2 aliphatic rings. The average Bonchev–Trinajstić information content (AvgIpc) is 3.28. The van der Waals surface area contributed by atoms with Crippen molar-refractivity contribution < 1.29 is 28.9 Å². The van der Waals surface area contributed by atoms with Crippen LogP contribution in [0.25, 0.3) is 0 Å². The highest BCUT2D eigenvalue weighted by atomic mass is 32.2. The summed E-state index contributed by atoms with van der Waals surface area (Å²) in [5.74, 6) is -2.11. The Bertz CT molecular complexity index is 1210. The zero-order chi connectivity index (χ0) is 25.1. The van der Waals surface area contributed by atoms with Crippen molar-refractivity contribution >= 4 is 51.9 Å². The summed E-state index contributed by atoms with van der Waals surface area (Å²) < 4.78 is 5.80. The van der Waals surface area contributed by atoms with Gasteiger partial charge in [-0.25, -0.2) is 9.36 Å².